The number of carbonyl (C=O) groups excluding carboxylic acids is 1. The highest BCUT2D eigenvalue weighted by Crippen LogP contribution is 2.33. The molecule has 1 N–H and O–H groups in total. The van der Waals surface area contributed by atoms with Crippen LogP contribution in [-0.2, 0) is 11.2 Å². The smallest absolute Gasteiger partial charge is 0.228 e. The normalized spacial score (nSPS) is 13.3. The Morgan fingerprint density at radius 3 is 2.87 bits per heavy atom. The second-order valence-electron chi connectivity index (χ2n) is 5.89. The van der Waals surface area contributed by atoms with E-state index in [-0.39, 0.29) is 5.91 Å². The fourth-order valence-corrected chi connectivity index (χ4v) is 3.35. The van der Waals surface area contributed by atoms with Gasteiger partial charge in [-0.3, -0.25) is 9.36 Å². The van der Waals surface area contributed by atoms with Crippen LogP contribution in [0.1, 0.15) is 16.8 Å². The Balaban J connectivity index is 1.97. The summed E-state index contributed by atoms with van der Waals surface area (Å²) in [6, 6.07) is 8.08. The average Bonchev–Trinajstić information content (AvgIpc) is 3.05. The van der Waals surface area contributed by atoms with Crippen molar-refractivity contribution in [3.63, 3.8) is 0 Å². The van der Waals surface area contributed by atoms with Crippen molar-refractivity contribution < 1.29 is 9.53 Å². The third-order valence-electron chi connectivity index (χ3n) is 4.34. The maximum Gasteiger partial charge on any atom is 0.228 e. The van der Waals surface area contributed by atoms with Crippen LogP contribution in [0.4, 0.5) is 5.69 Å². The maximum absolute atomic E-state index is 11.7. The Morgan fingerprint density at radius 1 is 1.26 bits per heavy atom. The molecule has 0 aliphatic carbocycles. The summed E-state index contributed by atoms with van der Waals surface area (Å²) in [6.07, 6.45) is 2.18. The zero-order chi connectivity index (χ0) is 16.1. The highest BCUT2D eigenvalue weighted by atomic mass is 16.5. The number of anilines is 1. The van der Waals surface area contributed by atoms with E-state index in [0.717, 1.165) is 45.0 Å². The first-order valence-corrected chi connectivity index (χ1v) is 7.53. The molecule has 4 rings (SSSR count). The number of nitrogens with one attached hydrogen (secondary N) is 1. The molecule has 5 heteroatoms. The van der Waals surface area contributed by atoms with E-state index >= 15 is 0 Å². The molecular weight excluding hydrogens is 290 g/mol. The zero-order valence-corrected chi connectivity index (χ0v) is 13.3. The van der Waals surface area contributed by atoms with Crippen molar-refractivity contribution >= 4 is 22.6 Å². The largest absolute Gasteiger partial charge is 0.496 e. The SMILES string of the molecule is COc1ccnc2c1cc(C)n2-c1cc(C)c2c(c1)CC(=O)N2. The van der Waals surface area contributed by atoms with Crippen molar-refractivity contribution in [3.8, 4) is 11.4 Å². The number of amides is 1. The van der Waals surface area contributed by atoms with E-state index in [2.05, 4.69) is 33.1 Å². The lowest BCUT2D eigenvalue weighted by Crippen LogP contribution is -2.04. The molecule has 0 spiro atoms. The first-order chi connectivity index (χ1) is 11.1. The van der Waals surface area contributed by atoms with Crippen molar-refractivity contribution in [2.45, 2.75) is 20.3 Å². The van der Waals surface area contributed by atoms with Gasteiger partial charge in [-0.05, 0) is 49.2 Å². The molecule has 0 unspecified atom stereocenters. The van der Waals surface area contributed by atoms with Crippen molar-refractivity contribution in [1.29, 1.82) is 0 Å². The zero-order valence-electron chi connectivity index (χ0n) is 13.3. The molecule has 1 aromatic carbocycles. The highest BCUT2D eigenvalue weighted by Gasteiger charge is 2.21. The topological polar surface area (TPSA) is 56.2 Å². The molecule has 5 nitrogen and oxygen atoms in total. The Labute approximate surface area is 133 Å². The fourth-order valence-electron chi connectivity index (χ4n) is 3.35. The highest BCUT2D eigenvalue weighted by molar-refractivity contribution is 6.00. The molecule has 0 atom stereocenters. The van der Waals surface area contributed by atoms with Crippen LogP contribution in [0.5, 0.6) is 5.75 Å². The van der Waals surface area contributed by atoms with E-state index in [1.165, 1.54) is 0 Å². The van der Waals surface area contributed by atoms with Gasteiger partial charge in [0.15, 0.2) is 0 Å². The van der Waals surface area contributed by atoms with Gasteiger partial charge in [-0.1, -0.05) is 0 Å². The molecule has 1 aliphatic rings. The van der Waals surface area contributed by atoms with Gasteiger partial charge in [-0.25, -0.2) is 4.98 Å². The molecule has 1 aliphatic heterocycles. The molecule has 0 bridgehead atoms. The number of carbonyl (C=O) groups is 1. The lowest BCUT2D eigenvalue weighted by atomic mass is 10.1. The minimum Gasteiger partial charge on any atom is -0.496 e. The van der Waals surface area contributed by atoms with E-state index in [0.29, 0.717) is 6.42 Å². The molecule has 0 radical (unpaired) electrons. The molecular formula is C18H17N3O2. The summed E-state index contributed by atoms with van der Waals surface area (Å²) >= 11 is 0. The number of hydrogen-bond donors (Lipinski definition) is 1. The first kappa shape index (κ1) is 13.8. The average molecular weight is 307 g/mol. The predicted molar refractivity (Wildman–Crippen MR) is 89.4 cm³/mol. The fraction of sp³-hybridized carbons (Fsp3) is 0.222. The van der Waals surface area contributed by atoms with Gasteiger partial charge in [-0.15, -0.1) is 0 Å². The van der Waals surface area contributed by atoms with Crippen LogP contribution < -0.4 is 10.1 Å². The standard InChI is InChI=1S/C18H17N3O2/c1-10-6-13(8-12-9-16(22)20-17(10)12)21-11(2)7-14-15(23-3)4-5-19-18(14)21/h4-8H,9H2,1-3H3,(H,20,22). The van der Waals surface area contributed by atoms with Crippen LogP contribution in [-0.4, -0.2) is 22.6 Å². The van der Waals surface area contributed by atoms with Gasteiger partial charge in [0, 0.05) is 23.3 Å². The van der Waals surface area contributed by atoms with Crippen LogP contribution >= 0.6 is 0 Å². The van der Waals surface area contributed by atoms with Crippen LogP contribution in [0.2, 0.25) is 0 Å². The van der Waals surface area contributed by atoms with Crippen molar-refractivity contribution in [3.05, 3.63) is 47.3 Å². The molecule has 2 aromatic heterocycles. The number of pyridine rings is 1. The number of aryl methyl sites for hydroxylation is 2. The number of aromatic nitrogens is 2. The summed E-state index contributed by atoms with van der Waals surface area (Å²) in [5.41, 5.74) is 6.00. The second kappa shape index (κ2) is 4.84. The van der Waals surface area contributed by atoms with Crippen LogP contribution in [0, 0.1) is 13.8 Å². The maximum atomic E-state index is 11.7. The molecule has 3 aromatic rings. The van der Waals surface area contributed by atoms with Gasteiger partial charge in [0.25, 0.3) is 0 Å². The number of ether oxygens (including phenoxy) is 1. The Morgan fingerprint density at radius 2 is 2.09 bits per heavy atom. The molecule has 23 heavy (non-hydrogen) atoms. The van der Waals surface area contributed by atoms with Gasteiger partial charge in [0.1, 0.15) is 11.4 Å². The summed E-state index contributed by atoms with van der Waals surface area (Å²) in [4.78, 5) is 16.2. The van der Waals surface area contributed by atoms with Crippen molar-refractivity contribution in [1.82, 2.24) is 9.55 Å². The summed E-state index contributed by atoms with van der Waals surface area (Å²) in [5, 5.41) is 3.91. The summed E-state index contributed by atoms with van der Waals surface area (Å²) < 4.78 is 7.54. The van der Waals surface area contributed by atoms with Gasteiger partial charge >= 0.3 is 0 Å². The van der Waals surface area contributed by atoms with Crippen molar-refractivity contribution in [2.24, 2.45) is 0 Å². The van der Waals surface area contributed by atoms with Crippen LogP contribution in [0.15, 0.2) is 30.5 Å². The summed E-state index contributed by atoms with van der Waals surface area (Å²) in [5.74, 6) is 0.862. The van der Waals surface area contributed by atoms with Gasteiger partial charge < -0.3 is 10.1 Å². The monoisotopic (exact) mass is 307 g/mol. The molecule has 116 valence electrons. The van der Waals surface area contributed by atoms with Gasteiger partial charge in [0.2, 0.25) is 5.91 Å². The van der Waals surface area contributed by atoms with E-state index in [1.807, 2.05) is 19.9 Å². The van der Waals surface area contributed by atoms with Gasteiger partial charge in [0.05, 0.1) is 18.9 Å². The number of fused-ring (bicyclic) bond motifs is 2. The molecule has 0 fully saturated rings. The van der Waals surface area contributed by atoms with Gasteiger partial charge in [-0.2, -0.15) is 0 Å². The van der Waals surface area contributed by atoms with E-state index in [9.17, 15) is 4.79 Å². The third kappa shape index (κ3) is 2.00. The minimum atomic E-state index is 0.0501. The lowest BCUT2D eigenvalue weighted by molar-refractivity contribution is -0.115. The van der Waals surface area contributed by atoms with E-state index in [4.69, 9.17) is 4.74 Å². The van der Waals surface area contributed by atoms with E-state index < -0.39 is 0 Å². The lowest BCUT2D eigenvalue weighted by Gasteiger charge is -2.12. The summed E-state index contributed by atoms with van der Waals surface area (Å²) in [6.45, 7) is 4.07. The Bertz CT molecular complexity index is 957. The second-order valence-corrected chi connectivity index (χ2v) is 5.89. The predicted octanol–water partition coefficient (Wildman–Crippen LogP) is 3.15. The number of nitrogens with zero attached hydrogens (tertiary/aromatic N) is 2. The molecule has 0 saturated heterocycles. The molecule has 3 heterocycles. The van der Waals surface area contributed by atoms with Crippen LogP contribution in [0.3, 0.4) is 0 Å². The number of methoxy groups -OCH3 is 1. The molecule has 1 amide bonds. The quantitative estimate of drug-likeness (QED) is 0.791. The third-order valence-corrected chi connectivity index (χ3v) is 4.34. The number of benzene rings is 1. The van der Waals surface area contributed by atoms with Crippen molar-refractivity contribution in [2.75, 3.05) is 12.4 Å². The van der Waals surface area contributed by atoms with E-state index in [1.54, 1.807) is 13.3 Å². The number of hydrogen-bond acceptors (Lipinski definition) is 3. The van der Waals surface area contributed by atoms with Crippen LogP contribution in [0.25, 0.3) is 16.7 Å². The number of rotatable bonds is 2. The first-order valence-electron chi connectivity index (χ1n) is 7.53. The molecule has 0 saturated carbocycles. The Kier molecular flexibility index (Phi) is 2.91. The Hall–Kier alpha value is -2.82. The minimum absolute atomic E-state index is 0.0501. The summed E-state index contributed by atoms with van der Waals surface area (Å²) in [7, 11) is 1.66.